The van der Waals surface area contributed by atoms with E-state index in [-0.39, 0.29) is 34.6 Å². The van der Waals surface area contributed by atoms with Gasteiger partial charge < -0.3 is 5.11 Å². The molecule has 0 saturated carbocycles. The fourth-order valence-corrected chi connectivity index (χ4v) is 3.84. The Morgan fingerprint density at radius 2 is 1.85 bits per heavy atom. The molecule has 0 radical (unpaired) electrons. The Kier molecular flexibility index (Phi) is 4.59. The number of carboxylic acid groups (broad SMARTS) is 1. The van der Waals surface area contributed by atoms with E-state index < -0.39 is 21.8 Å². The Hall–Kier alpha value is -0.820. The lowest BCUT2D eigenvalue weighted by molar-refractivity contribution is -0.143. The van der Waals surface area contributed by atoms with Crippen molar-refractivity contribution in [1.29, 1.82) is 0 Å². The van der Waals surface area contributed by atoms with Crippen LogP contribution < -0.4 is 0 Å². The zero-order valence-electron chi connectivity index (χ0n) is 10.4. The number of aliphatic carboxylic acids is 1. The lowest BCUT2D eigenvalue weighted by atomic mass is 10.1. The van der Waals surface area contributed by atoms with Crippen molar-refractivity contribution in [2.24, 2.45) is 0 Å². The molecule has 1 unspecified atom stereocenters. The Morgan fingerprint density at radius 3 is 2.40 bits per heavy atom. The molecule has 110 valence electrons. The summed E-state index contributed by atoms with van der Waals surface area (Å²) in [6, 6.07) is 3.81. The monoisotopic (exact) mass is 337 g/mol. The molecule has 0 aliphatic carbocycles. The number of sulfone groups is 1. The first-order valence-electron chi connectivity index (χ1n) is 5.93. The molecule has 0 amide bonds. The average Bonchev–Trinajstić information content (AvgIpc) is 2.36. The van der Waals surface area contributed by atoms with E-state index in [1.165, 1.54) is 0 Å². The average molecular weight is 338 g/mol. The van der Waals surface area contributed by atoms with Gasteiger partial charge in [0.2, 0.25) is 0 Å². The van der Waals surface area contributed by atoms with E-state index in [0.29, 0.717) is 5.56 Å². The molecule has 1 atom stereocenters. The van der Waals surface area contributed by atoms with Gasteiger partial charge >= 0.3 is 5.97 Å². The molecule has 1 aliphatic rings. The SMILES string of the molecule is O=C(O)C(c1cccc(Cl)c1Cl)N1CCS(=O)(=O)CC1. The van der Waals surface area contributed by atoms with Crippen LogP contribution in [0, 0.1) is 0 Å². The number of benzene rings is 1. The standard InChI is InChI=1S/C12H13Cl2NO4S/c13-9-3-1-2-8(10(9)14)11(12(16)17)15-4-6-20(18,19)7-5-15/h1-3,11H,4-7H2,(H,16,17). The van der Waals surface area contributed by atoms with Crippen molar-refractivity contribution in [3.63, 3.8) is 0 Å². The molecule has 0 bridgehead atoms. The Balaban J connectivity index is 2.33. The van der Waals surface area contributed by atoms with Gasteiger partial charge in [0, 0.05) is 18.7 Å². The minimum absolute atomic E-state index is 0.0467. The molecule has 1 aliphatic heterocycles. The summed E-state index contributed by atoms with van der Waals surface area (Å²) in [5.74, 6) is -1.17. The second-order valence-electron chi connectivity index (χ2n) is 4.57. The number of hydrogen-bond acceptors (Lipinski definition) is 4. The van der Waals surface area contributed by atoms with Crippen molar-refractivity contribution in [3.8, 4) is 0 Å². The first kappa shape index (κ1) is 15.6. The fraction of sp³-hybridized carbons (Fsp3) is 0.417. The highest BCUT2D eigenvalue weighted by Gasteiger charge is 2.33. The first-order chi connectivity index (χ1) is 9.32. The van der Waals surface area contributed by atoms with E-state index >= 15 is 0 Å². The summed E-state index contributed by atoms with van der Waals surface area (Å²) in [6.45, 7) is 0.338. The highest BCUT2D eigenvalue weighted by Crippen LogP contribution is 2.33. The summed E-state index contributed by atoms with van der Waals surface area (Å²) in [7, 11) is -3.07. The van der Waals surface area contributed by atoms with E-state index in [4.69, 9.17) is 23.2 Å². The highest BCUT2D eigenvalue weighted by atomic mass is 35.5. The summed E-state index contributed by atoms with van der Waals surface area (Å²) >= 11 is 12.0. The van der Waals surface area contributed by atoms with Gasteiger partial charge in [0.1, 0.15) is 6.04 Å². The van der Waals surface area contributed by atoms with Crippen LogP contribution in [-0.4, -0.2) is 49.0 Å². The molecule has 20 heavy (non-hydrogen) atoms. The minimum Gasteiger partial charge on any atom is -0.480 e. The molecule has 1 aromatic rings. The fourth-order valence-electron chi connectivity index (χ4n) is 2.20. The van der Waals surface area contributed by atoms with Crippen LogP contribution in [-0.2, 0) is 14.6 Å². The summed E-state index contributed by atoms with van der Waals surface area (Å²) < 4.78 is 22.8. The molecule has 1 aromatic carbocycles. The third-order valence-corrected chi connectivity index (χ3v) is 5.70. The van der Waals surface area contributed by atoms with Gasteiger partial charge in [-0.15, -0.1) is 0 Å². The van der Waals surface area contributed by atoms with Crippen molar-refractivity contribution in [3.05, 3.63) is 33.8 Å². The molecule has 1 fully saturated rings. The van der Waals surface area contributed by atoms with Gasteiger partial charge in [-0.1, -0.05) is 35.3 Å². The van der Waals surface area contributed by atoms with Gasteiger partial charge in [0.15, 0.2) is 9.84 Å². The predicted octanol–water partition coefficient (Wildman–Crippen LogP) is 1.85. The summed E-state index contributed by atoms with van der Waals surface area (Å²) in [5.41, 5.74) is 0.381. The topological polar surface area (TPSA) is 74.7 Å². The van der Waals surface area contributed by atoms with Crippen molar-refractivity contribution < 1.29 is 18.3 Å². The van der Waals surface area contributed by atoms with Crippen LogP contribution in [0.2, 0.25) is 10.0 Å². The van der Waals surface area contributed by atoms with Gasteiger partial charge in [0.05, 0.1) is 21.6 Å². The van der Waals surface area contributed by atoms with Crippen LogP contribution >= 0.6 is 23.2 Å². The van der Waals surface area contributed by atoms with Crippen molar-refractivity contribution in [2.45, 2.75) is 6.04 Å². The van der Waals surface area contributed by atoms with Crippen molar-refractivity contribution in [1.82, 2.24) is 4.90 Å². The molecule has 5 nitrogen and oxygen atoms in total. The van der Waals surface area contributed by atoms with E-state index in [9.17, 15) is 18.3 Å². The zero-order valence-corrected chi connectivity index (χ0v) is 12.7. The molecule has 1 saturated heterocycles. The van der Waals surface area contributed by atoms with Crippen LogP contribution in [0.1, 0.15) is 11.6 Å². The van der Waals surface area contributed by atoms with Crippen molar-refractivity contribution in [2.75, 3.05) is 24.6 Å². The maximum Gasteiger partial charge on any atom is 0.325 e. The number of nitrogens with zero attached hydrogens (tertiary/aromatic N) is 1. The zero-order chi connectivity index (χ0) is 14.9. The van der Waals surface area contributed by atoms with Crippen LogP contribution in [0.5, 0.6) is 0 Å². The molecular formula is C12H13Cl2NO4S. The van der Waals surface area contributed by atoms with Crippen LogP contribution in [0.25, 0.3) is 0 Å². The Labute approximate surface area is 127 Å². The van der Waals surface area contributed by atoms with E-state index in [1.54, 1.807) is 23.1 Å². The molecule has 1 heterocycles. The third-order valence-electron chi connectivity index (χ3n) is 3.25. The number of carbonyl (C=O) groups is 1. The minimum atomic E-state index is -3.07. The largest absolute Gasteiger partial charge is 0.480 e. The molecule has 8 heteroatoms. The second kappa shape index (κ2) is 5.89. The molecule has 0 spiro atoms. The number of hydrogen-bond donors (Lipinski definition) is 1. The summed E-state index contributed by atoms with van der Waals surface area (Å²) in [5, 5.41) is 9.90. The van der Waals surface area contributed by atoms with Crippen LogP contribution in [0.15, 0.2) is 18.2 Å². The van der Waals surface area contributed by atoms with E-state index in [2.05, 4.69) is 0 Å². The molecule has 0 aromatic heterocycles. The highest BCUT2D eigenvalue weighted by molar-refractivity contribution is 7.91. The normalized spacial score (nSPS) is 20.5. The Bertz CT molecular complexity index is 618. The number of halogens is 2. The molecule has 1 N–H and O–H groups in total. The van der Waals surface area contributed by atoms with Gasteiger partial charge in [-0.25, -0.2) is 8.42 Å². The lowest BCUT2D eigenvalue weighted by Gasteiger charge is -2.32. The predicted molar refractivity (Wildman–Crippen MR) is 77.1 cm³/mol. The van der Waals surface area contributed by atoms with Crippen molar-refractivity contribution >= 4 is 39.0 Å². The molecular weight excluding hydrogens is 325 g/mol. The summed E-state index contributed by atoms with van der Waals surface area (Å²) in [4.78, 5) is 13.1. The molecule has 2 rings (SSSR count). The van der Waals surface area contributed by atoms with Crippen LogP contribution in [0.3, 0.4) is 0 Å². The van der Waals surface area contributed by atoms with E-state index in [1.807, 2.05) is 0 Å². The number of carboxylic acids is 1. The van der Waals surface area contributed by atoms with Gasteiger partial charge in [-0.3, -0.25) is 9.69 Å². The quantitative estimate of drug-likeness (QED) is 0.910. The van der Waals surface area contributed by atoms with E-state index in [0.717, 1.165) is 0 Å². The lowest BCUT2D eigenvalue weighted by Crippen LogP contribution is -2.44. The first-order valence-corrected chi connectivity index (χ1v) is 8.51. The van der Waals surface area contributed by atoms with Crippen LogP contribution in [0.4, 0.5) is 0 Å². The maximum absolute atomic E-state index is 11.5. The van der Waals surface area contributed by atoms with Gasteiger partial charge in [0.25, 0.3) is 0 Å². The Morgan fingerprint density at radius 1 is 1.25 bits per heavy atom. The maximum atomic E-state index is 11.5. The van der Waals surface area contributed by atoms with Gasteiger partial charge in [-0.05, 0) is 6.07 Å². The third kappa shape index (κ3) is 3.25. The number of rotatable bonds is 3. The van der Waals surface area contributed by atoms with Gasteiger partial charge in [-0.2, -0.15) is 0 Å². The second-order valence-corrected chi connectivity index (χ2v) is 7.66. The summed E-state index contributed by atoms with van der Waals surface area (Å²) in [6.07, 6.45) is 0. The smallest absolute Gasteiger partial charge is 0.325 e.